The van der Waals surface area contributed by atoms with Crippen molar-refractivity contribution >= 4 is 23.4 Å². The Kier molecular flexibility index (Phi) is 4.76. The molecule has 1 aromatic rings. The highest BCUT2D eigenvalue weighted by molar-refractivity contribution is 6.32. The van der Waals surface area contributed by atoms with Crippen LogP contribution in [0.25, 0.3) is 0 Å². The molecule has 1 saturated heterocycles. The molecule has 2 fully saturated rings. The number of nitrogens with zero attached hydrogens (tertiary/aromatic N) is 2. The van der Waals surface area contributed by atoms with Gasteiger partial charge in [0.2, 0.25) is 5.91 Å². The topological polar surface area (TPSA) is 49.9 Å². The summed E-state index contributed by atoms with van der Waals surface area (Å²) in [5, 5.41) is 0.503. The summed E-state index contributed by atoms with van der Waals surface area (Å²) in [4.78, 5) is 27.9. The molecule has 124 valence electrons. The highest BCUT2D eigenvalue weighted by atomic mass is 35.5. The van der Waals surface area contributed by atoms with Crippen LogP contribution in [-0.4, -0.2) is 54.4 Å². The molecule has 2 amide bonds. The Morgan fingerprint density at radius 1 is 1.17 bits per heavy atom. The number of amides is 2. The summed E-state index contributed by atoms with van der Waals surface area (Å²) in [6.45, 7) is 4.30. The normalized spacial score (nSPS) is 18.0. The minimum absolute atomic E-state index is 0.0280. The number of aryl methyl sites for hydroxylation is 1. The van der Waals surface area contributed by atoms with Crippen LogP contribution in [0.3, 0.4) is 0 Å². The Balaban J connectivity index is 1.47. The molecule has 6 heteroatoms. The van der Waals surface area contributed by atoms with Crippen LogP contribution in [0, 0.1) is 12.8 Å². The Hall–Kier alpha value is -1.75. The average Bonchev–Trinajstić information content (AvgIpc) is 3.40. The van der Waals surface area contributed by atoms with E-state index in [2.05, 4.69) is 0 Å². The third kappa shape index (κ3) is 3.96. The van der Waals surface area contributed by atoms with E-state index in [4.69, 9.17) is 16.3 Å². The van der Waals surface area contributed by atoms with Gasteiger partial charge in [0.25, 0.3) is 5.91 Å². The van der Waals surface area contributed by atoms with Gasteiger partial charge >= 0.3 is 0 Å². The van der Waals surface area contributed by atoms with Gasteiger partial charge in [-0.25, -0.2) is 0 Å². The fraction of sp³-hybridized carbons (Fsp3) is 0.529. The van der Waals surface area contributed by atoms with Gasteiger partial charge in [0.15, 0.2) is 6.61 Å². The van der Waals surface area contributed by atoms with Gasteiger partial charge in [0, 0.05) is 32.1 Å². The lowest BCUT2D eigenvalue weighted by atomic mass is 10.2. The smallest absolute Gasteiger partial charge is 0.260 e. The Morgan fingerprint density at radius 2 is 1.83 bits per heavy atom. The first kappa shape index (κ1) is 16.1. The highest BCUT2D eigenvalue weighted by Gasteiger charge is 2.35. The van der Waals surface area contributed by atoms with Crippen molar-refractivity contribution in [1.29, 1.82) is 0 Å². The summed E-state index contributed by atoms with van der Waals surface area (Å²) in [6, 6.07) is 5.48. The lowest BCUT2D eigenvalue weighted by Gasteiger charge is -2.34. The number of carbonyl (C=O) groups excluding carboxylic acids is 2. The van der Waals surface area contributed by atoms with Gasteiger partial charge in [0.05, 0.1) is 5.02 Å². The molecule has 1 aliphatic carbocycles. The van der Waals surface area contributed by atoms with Crippen molar-refractivity contribution in [3.63, 3.8) is 0 Å². The van der Waals surface area contributed by atoms with Gasteiger partial charge < -0.3 is 14.5 Å². The zero-order chi connectivity index (χ0) is 16.4. The number of hydrogen-bond donors (Lipinski definition) is 0. The van der Waals surface area contributed by atoms with Crippen LogP contribution in [0.15, 0.2) is 18.2 Å². The standard InChI is InChI=1S/C17H21ClN2O3/c1-12-2-5-14(18)15(10-12)23-11-16(21)19-6-8-20(9-7-19)17(22)13-3-4-13/h2,5,10,13H,3-4,6-9,11H2,1H3. The number of hydrogen-bond acceptors (Lipinski definition) is 3. The largest absolute Gasteiger partial charge is 0.482 e. The maximum Gasteiger partial charge on any atom is 0.260 e. The molecule has 0 bridgehead atoms. The molecule has 0 N–H and O–H groups in total. The molecule has 0 atom stereocenters. The quantitative estimate of drug-likeness (QED) is 0.846. The van der Waals surface area contributed by atoms with Crippen molar-refractivity contribution in [2.24, 2.45) is 5.92 Å². The minimum Gasteiger partial charge on any atom is -0.482 e. The van der Waals surface area contributed by atoms with Crippen LogP contribution in [0.2, 0.25) is 5.02 Å². The fourth-order valence-electron chi connectivity index (χ4n) is 2.72. The van der Waals surface area contributed by atoms with Crippen molar-refractivity contribution < 1.29 is 14.3 Å². The molecule has 0 spiro atoms. The third-order valence-electron chi connectivity index (χ3n) is 4.31. The summed E-state index contributed by atoms with van der Waals surface area (Å²) in [7, 11) is 0. The lowest BCUT2D eigenvalue weighted by molar-refractivity contribution is -0.141. The number of piperazine rings is 1. The second-order valence-electron chi connectivity index (χ2n) is 6.20. The molecular weight excluding hydrogens is 316 g/mol. The van der Waals surface area contributed by atoms with Crippen LogP contribution in [0.5, 0.6) is 5.75 Å². The molecule has 1 saturated carbocycles. The van der Waals surface area contributed by atoms with Crippen molar-refractivity contribution in [3.8, 4) is 5.75 Å². The summed E-state index contributed by atoms with van der Waals surface area (Å²) >= 11 is 6.06. The zero-order valence-corrected chi connectivity index (χ0v) is 14.0. The molecule has 0 aromatic heterocycles. The second-order valence-corrected chi connectivity index (χ2v) is 6.61. The SMILES string of the molecule is Cc1ccc(Cl)c(OCC(=O)N2CCN(C(=O)C3CC3)CC2)c1. The number of rotatable bonds is 4. The van der Waals surface area contributed by atoms with Gasteiger partial charge in [-0.3, -0.25) is 9.59 Å². The lowest BCUT2D eigenvalue weighted by Crippen LogP contribution is -2.52. The van der Waals surface area contributed by atoms with Crippen molar-refractivity contribution in [3.05, 3.63) is 28.8 Å². The Labute approximate surface area is 141 Å². The Bertz CT molecular complexity index is 608. The van der Waals surface area contributed by atoms with E-state index in [1.54, 1.807) is 11.0 Å². The van der Waals surface area contributed by atoms with E-state index in [1.165, 1.54) is 0 Å². The first-order valence-corrected chi connectivity index (χ1v) is 8.38. The van der Waals surface area contributed by atoms with E-state index in [0.717, 1.165) is 18.4 Å². The van der Waals surface area contributed by atoms with Crippen LogP contribution in [0.1, 0.15) is 18.4 Å². The number of ether oxygens (including phenoxy) is 1. The predicted octanol–water partition coefficient (Wildman–Crippen LogP) is 2.11. The van der Waals surface area contributed by atoms with Crippen molar-refractivity contribution in [1.82, 2.24) is 9.80 Å². The molecule has 0 radical (unpaired) electrons. The van der Waals surface area contributed by atoms with Gasteiger partial charge in [-0.2, -0.15) is 0 Å². The van der Waals surface area contributed by atoms with E-state index < -0.39 is 0 Å². The highest BCUT2D eigenvalue weighted by Crippen LogP contribution is 2.31. The van der Waals surface area contributed by atoms with Crippen LogP contribution in [0.4, 0.5) is 0 Å². The number of carbonyl (C=O) groups is 2. The maximum atomic E-state index is 12.2. The molecule has 1 aliphatic heterocycles. The molecule has 2 aliphatic rings. The minimum atomic E-state index is -0.0684. The van der Waals surface area contributed by atoms with E-state index in [9.17, 15) is 9.59 Å². The van der Waals surface area contributed by atoms with Crippen molar-refractivity contribution in [2.45, 2.75) is 19.8 Å². The van der Waals surface area contributed by atoms with Crippen molar-refractivity contribution in [2.75, 3.05) is 32.8 Å². The van der Waals surface area contributed by atoms with Crippen LogP contribution >= 0.6 is 11.6 Å². The van der Waals surface area contributed by atoms with E-state index in [-0.39, 0.29) is 24.3 Å². The van der Waals surface area contributed by atoms with E-state index in [1.807, 2.05) is 24.0 Å². The first-order valence-electron chi connectivity index (χ1n) is 8.00. The Morgan fingerprint density at radius 3 is 2.48 bits per heavy atom. The first-order chi connectivity index (χ1) is 11.0. The van der Waals surface area contributed by atoms with Gasteiger partial charge in [-0.05, 0) is 37.5 Å². The number of halogens is 1. The molecule has 0 unspecified atom stereocenters. The third-order valence-corrected chi connectivity index (χ3v) is 4.62. The average molecular weight is 337 g/mol. The van der Waals surface area contributed by atoms with E-state index in [0.29, 0.717) is 37.0 Å². The summed E-state index contributed by atoms with van der Waals surface area (Å²) in [6.07, 6.45) is 2.03. The summed E-state index contributed by atoms with van der Waals surface area (Å²) in [5.74, 6) is 0.951. The van der Waals surface area contributed by atoms with Crippen LogP contribution in [-0.2, 0) is 9.59 Å². The van der Waals surface area contributed by atoms with Crippen LogP contribution < -0.4 is 4.74 Å². The van der Waals surface area contributed by atoms with E-state index >= 15 is 0 Å². The van der Waals surface area contributed by atoms with Gasteiger partial charge in [0.1, 0.15) is 5.75 Å². The van der Waals surface area contributed by atoms with Gasteiger partial charge in [-0.1, -0.05) is 17.7 Å². The molecule has 3 rings (SSSR count). The predicted molar refractivity (Wildman–Crippen MR) is 87.6 cm³/mol. The summed E-state index contributed by atoms with van der Waals surface area (Å²) < 4.78 is 5.55. The molecule has 1 aromatic carbocycles. The monoisotopic (exact) mass is 336 g/mol. The maximum absolute atomic E-state index is 12.2. The molecular formula is C17H21ClN2O3. The molecule has 5 nitrogen and oxygen atoms in total. The van der Waals surface area contributed by atoms with Gasteiger partial charge in [-0.15, -0.1) is 0 Å². The molecule has 1 heterocycles. The fourth-order valence-corrected chi connectivity index (χ4v) is 2.89. The summed E-state index contributed by atoms with van der Waals surface area (Å²) in [5.41, 5.74) is 1.03. The second kappa shape index (κ2) is 6.79. The molecule has 23 heavy (non-hydrogen) atoms. The number of benzene rings is 1. The zero-order valence-electron chi connectivity index (χ0n) is 13.3.